The minimum atomic E-state index is -0.285. The number of amides is 2. The molecule has 0 aromatic heterocycles. The largest absolute Gasteiger partial charge is 0.338 e. The number of hydrogen-bond acceptors (Lipinski definition) is 2. The number of carbonyl (C=O) groups excluding carboxylic acids is 2. The fourth-order valence-corrected chi connectivity index (χ4v) is 2.36. The molecule has 0 radical (unpaired) electrons. The van der Waals surface area contributed by atoms with Crippen LogP contribution in [-0.4, -0.2) is 23.3 Å². The van der Waals surface area contributed by atoms with Crippen LogP contribution in [0.2, 0.25) is 0 Å². The van der Waals surface area contributed by atoms with Crippen LogP contribution in [0.1, 0.15) is 24.5 Å². The molecule has 0 unspecified atom stereocenters. The van der Waals surface area contributed by atoms with E-state index in [1.807, 2.05) is 68.4 Å². The van der Waals surface area contributed by atoms with Crippen molar-refractivity contribution in [3.8, 4) is 0 Å². The number of anilines is 1. The van der Waals surface area contributed by atoms with E-state index in [1.165, 1.54) is 0 Å². The fourth-order valence-electron chi connectivity index (χ4n) is 2.36. The van der Waals surface area contributed by atoms with E-state index in [0.29, 0.717) is 18.8 Å². The molecular formula is C19H22N2O2. The molecule has 23 heavy (non-hydrogen) atoms. The van der Waals surface area contributed by atoms with Gasteiger partial charge in [-0.25, -0.2) is 0 Å². The van der Waals surface area contributed by atoms with Gasteiger partial charge in [-0.3, -0.25) is 9.59 Å². The van der Waals surface area contributed by atoms with Gasteiger partial charge < -0.3 is 10.2 Å². The van der Waals surface area contributed by atoms with Crippen LogP contribution in [0.5, 0.6) is 0 Å². The van der Waals surface area contributed by atoms with Crippen molar-refractivity contribution in [2.75, 3.05) is 11.9 Å². The van der Waals surface area contributed by atoms with Gasteiger partial charge in [-0.15, -0.1) is 0 Å². The van der Waals surface area contributed by atoms with Crippen molar-refractivity contribution in [3.63, 3.8) is 0 Å². The summed E-state index contributed by atoms with van der Waals surface area (Å²) in [6.07, 6.45) is -0.144. The molecule has 0 saturated carbocycles. The molecule has 2 aromatic carbocycles. The average Bonchev–Trinajstić information content (AvgIpc) is 2.53. The molecule has 0 saturated heterocycles. The van der Waals surface area contributed by atoms with Crippen molar-refractivity contribution in [1.82, 2.24) is 4.90 Å². The third-order valence-corrected chi connectivity index (χ3v) is 3.56. The zero-order valence-corrected chi connectivity index (χ0v) is 13.6. The van der Waals surface area contributed by atoms with Crippen LogP contribution in [-0.2, 0) is 16.1 Å². The third-order valence-electron chi connectivity index (χ3n) is 3.56. The summed E-state index contributed by atoms with van der Waals surface area (Å²) in [5, 5.41) is 2.77. The highest BCUT2D eigenvalue weighted by Gasteiger charge is 2.16. The van der Waals surface area contributed by atoms with E-state index in [2.05, 4.69) is 5.32 Å². The van der Waals surface area contributed by atoms with Crippen molar-refractivity contribution in [3.05, 3.63) is 65.7 Å². The summed E-state index contributed by atoms with van der Waals surface area (Å²) in [6, 6.07) is 17.3. The molecule has 120 valence electrons. The normalized spacial score (nSPS) is 10.2. The lowest BCUT2D eigenvalue weighted by Crippen LogP contribution is -2.33. The molecule has 4 heteroatoms. The monoisotopic (exact) mass is 310 g/mol. The number of hydrogen-bond donors (Lipinski definition) is 1. The number of rotatable bonds is 6. The molecule has 0 atom stereocenters. The maximum atomic E-state index is 12.3. The summed E-state index contributed by atoms with van der Waals surface area (Å²) < 4.78 is 0. The van der Waals surface area contributed by atoms with E-state index in [0.717, 1.165) is 11.1 Å². The van der Waals surface area contributed by atoms with Gasteiger partial charge in [0.05, 0.1) is 0 Å². The van der Waals surface area contributed by atoms with E-state index in [4.69, 9.17) is 0 Å². The van der Waals surface area contributed by atoms with E-state index < -0.39 is 0 Å². The smallest absolute Gasteiger partial charge is 0.233 e. The standard InChI is InChI=1S/C19H22N2O2/c1-3-21(14-16-9-5-4-6-10-16)19(23)13-18(22)20-17-11-7-8-15(2)12-17/h4-12H,3,13-14H2,1-2H3,(H,20,22). The molecule has 0 aliphatic heterocycles. The quantitative estimate of drug-likeness (QED) is 0.832. The van der Waals surface area contributed by atoms with Gasteiger partial charge >= 0.3 is 0 Å². The predicted molar refractivity (Wildman–Crippen MR) is 92.0 cm³/mol. The van der Waals surface area contributed by atoms with Crippen LogP contribution >= 0.6 is 0 Å². The molecule has 2 amide bonds. The van der Waals surface area contributed by atoms with Crippen molar-refractivity contribution in [2.24, 2.45) is 0 Å². The van der Waals surface area contributed by atoms with Crippen molar-refractivity contribution in [2.45, 2.75) is 26.8 Å². The molecule has 0 spiro atoms. The Morgan fingerprint density at radius 2 is 1.78 bits per heavy atom. The Labute approximate surface area is 137 Å². The Morgan fingerprint density at radius 3 is 2.43 bits per heavy atom. The Balaban J connectivity index is 1.92. The molecule has 0 bridgehead atoms. The molecule has 0 fully saturated rings. The lowest BCUT2D eigenvalue weighted by Gasteiger charge is -2.20. The molecule has 0 heterocycles. The molecule has 0 aliphatic carbocycles. The summed E-state index contributed by atoms with van der Waals surface area (Å²) in [7, 11) is 0. The van der Waals surface area contributed by atoms with Gasteiger partial charge in [0.2, 0.25) is 11.8 Å². The minimum Gasteiger partial charge on any atom is -0.338 e. The average molecular weight is 310 g/mol. The zero-order chi connectivity index (χ0) is 16.7. The SMILES string of the molecule is CCN(Cc1ccccc1)C(=O)CC(=O)Nc1cccc(C)c1. The first-order chi connectivity index (χ1) is 11.1. The number of carbonyl (C=O) groups is 2. The lowest BCUT2D eigenvalue weighted by molar-refractivity contribution is -0.134. The summed E-state index contributed by atoms with van der Waals surface area (Å²) in [6.45, 7) is 4.97. The Hall–Kier alpha value is -2.62. The zero-order valence-electron chi connectivity index (χ0n) is 13.6. The molecule has 2 aromatic rings. The summed E-state index contributed by atoms with van der Waals surface area (Å²) in [5.74, 6) is -0.450. The molecule has 2 rings (SSSR count). The predicted octanol–water partition coefficient (Wildman–Crippen LogP) is 3.37. The molecule has 0 aliphatic rings. The van der Waals surface area contributed by atoms with E-state index in [1.54, 1.807) is 4.90 Å². The second kappa shape index (κ2) is 8.13. The van der Waals surface area contributed by atoms with Crippen molar-refractivity contribution >= 4 is 17.5 Å². The first-order valence-electron chi connectivity index (χ1n) is 7.76. The van der Waals surface area contributed by atoms with Crippen LogP contribution in [0.4, 0.5) is 5.69 Å². The minimum absolute atomic E-state index is 0.144. The van der Waals surface area contributed by atoms with Gasteiger partial charge in [-0.1, -0.05) is 42.5 Å². The number of benzene rings is 2. The fraction of sp³-hybridized carbons (Fsp3) is 0.263. The summed E-state index contributed by atoms with van der Waals surface area (Å²) in [4.78, 5) is 26.0. The first-order valence-corrected chi connectivity index (χ1v) is 7.76. The van der Waals surface area contributed by atoms with Gasteiger partial charge in [0.15, 0.2) is 0 Å². The maximum absolute atomic E-state index is 12.3. The second-order valence-electron chi connectivity index (χ2n) is 5.49. The Kier molecular flexibility index (Phi) is 5.92. The summed E-state index contributed by atoms with van der Waals surface area (Å²) in [5.41, 5.74) is 2.84. The Bertz CT molecular complexity index is 668. The molecule has 4 nitrogen and oxygen atoms in total. The maximum Gasteiger partial charge on any atom is 0.233 e. The van der Waals surface area contributed by atoms with Crippen LogP contribution in [0.15, 0.2) is 54.6 Å². The highest BCUT2D eigenvalue weighted by molar-refractivity contribution is 6.03. The third kappa shape index (κ3) is 5.25. The van der Waals surface area contributed by atoms with Gasteiger partial charge in [0.25, 0.3) is 0 Å². The van der Waals surface area contributed by atoms with E-state index in [9.17, 15) is 9.59 Å². The van der Waals surface area contributed by atoms with Crippen LogP contribution < -0.4 is 5.32 Å². The van der Waals surface area contributed by atoms with Crippen molar-refractivity contribution < 1.29 is 9.59 Å². The van der Waals surface area contributed by atoms with Gasteiger partial charge in [0, 0.05) is 18.8 Å². The summed E-state index contributed by atoms with van der Waals surface area (Å²) >= 11 is 0. The Morgan fingerprint density at radius 1 is 1.04 bits per heavy atom. The van der Waals surface area contributed by atoms with E-state index >= 15 is 0 Å². The van der Waals surface area contributed by atoms with Crippen LogP contribution in [0.25, 0.3) is 0 Å². The highest BCUT2D eigenvalue weighted by atomic mass is 16.2. The second-order valence-corrected chi connectivity index (χ2v) is 5.49. The first kappa shape index (κ1) is 16.7. The van der Waals surface area contributed by atoms with Crippen molar-refractivity contribution in [1.29, 1.82) is 0 Å². The van der Waals surface area contributed by atoms with E-state index in [-0.39, 0.29) is 18.2 Å². The highest BCUT2D eigenvalue weighted by Crippen LogP contribution is 2.11. The molecule has 1 N–H and O–H groups in total. The number of nitrogens with zero attached hydrogens (tertiary/aromatic N) is 1. The topological polar surface area (TPSA) is 49.4 Å². The van der Waals surface area contributed by atoms with Gasteiger partial charge in [-0.05, 0) is 37.1 Å². The number of aryl methyl sites for hydroxylation is 1. The van der Waals surface area contributed by atoms with Crippen LogP contribution in [0, 0.1) is 6.92 Å². The number of nitrogens with one attached hydrogen (secondary N) is 1. The molecular weight excluding hydrogens is 288 g/mol. The van der Waals surface area contributed by atoms with Gasteiger partial charge in [-0.2, -0.15) is 0 Å². The van der Waals surface area contributed by atoms with Gasteiger partial charge in [0.1, 0.15) is 6.42 Å². The lowest BCUT2D eigenvalue weighted by atomic mass is 10.2. The van der Waals surface area contributed by atoms with Crippen LogP contribution in [0.3, 0.4) is 0 Å².